The SMILES string of the molecule is CCCCCCCCCCNC[C@H](O)[C@@H](O)[C@H](O[C@@H]1O[C@H](CO)[C@H](O)[C@H](O)[C@H]1O)[C@H](O)CO. The van der Waals surface area contributed by atoms with E-state index in [1.165, 1.54) is 32.1 Å². The summed E-state index contributed by atoms with van der Waals surface area (Å²) in [6.45, 7) is 1.35. The summed E-state index contributed by atoms with van der Waals surface area (Å²) in [5.74, 6) is 0. The number of aliphatic hydroxyl groups is 8. The molecule has 9 N–H and O–H groups in total. The van der Waals surface area contributed by atoms with Gasteiger partial charge in [-0.3, -0.25) is 0 Å². The van der Waals surface area contributed by atoms with Crippen LogP contribution in [0.25, 0.3) is 0 Å². The van der Waals surface area contributed by atoms with E-state index in [1.807, 2.05) is 0 Å². The van der Waals surface area contributed by atoms with Crippen LogP contribution in [0.1, 0.15) is 58.3 Å². The van der Waals surface area contributed by atoms with Gasteiger partial charge in [0.15, 0.2) is 6.29 Å². The van der Waals surface area contributed by atoms with E-state index < -0.39 is 68.3 Å². The van der Waals surface area contributed by atoms with Crippen LogP contribution in [0.5, 0.6) is 0 Å². The summed E-state index contributed by atoms with van der Waals surface area (Å²) in [4.78, 5) is 0. The molecule has 0 bridgehead atoms. The Kier molecular flexibility index (Phi) is 15.8. The number of hydrogen-bond donors (Lipinski definition) is 9. The number of aliphatic hydroxyl groups excluding tert-OH is 8. The molecule has 198 valence electrons. The lowest BCUT2D eigenvalue weighted by molar-refractivity contribution is -0.327. The Bertz CT molecular complexity index is 486. The van der Waals surface area contributed by atoms with Crippen molar-refractivity contribution in [3.05, 3.63) is 0 Å². The van der Waals surface area contributed by atoms with Gasteiger partial charge in [-0.15, -0.1) is 0 Å². The minimum absolute atomic E-state index is 0.00432. The van der Waals surface area contributed by atoms with Gasteiger partial charge in [0, 0.05) is 6.54 Å². The first-order valence-corrected chi connectivity index (χ1v) is 12.1. The highest BCUT2D eigenvalue weighted by Crippen LogP contribution is 2.25. The zero-order chi connectivity index (χ0) is 24.8. The lowest BCUT2D eigenvalue weighted by Gasteiger charge is -2.42. The fraction of sp³-hybridized carbons (Fsp3) is 1.00. The Balaban J connectivity index is 2.47. The monoisotopic (exact) mass is 483 g/mol. The van der Waals surface area contributed by atoms with Gasteiger partial charge in [-0.25, -0.2) is 0 Å². The zero-order valence-corrected chi connectivity index (χ0v) is 19.6. The van der Waals surface area contributed by atoms with Crippen molar-refractivity contribution in [1.29, 1.82) is 0 Å². The summed E-state index contributed by atoms with van der Waals surface area (Å²) in [5, 5.41) is 82.4. The zero-order valence-electron chi connectivity index (χ0n) is 19.6. The normalized spacial score (nSPS) is 29.5. The van der Waals surface area contributed by atoms with E-state index in [2.05, 4.69) is 12.2 Å². The van der Waals surface area contributed by atoms with Gasteiger partial charge in [-0.2, -0.15) is 0 Å². The lowest BCUT2D eigenvalue weighted by Crippen LogP contribution is -2.61. The molecule has 1 heterocycles. The molecule has 0 saturated carbocycles. The molecule has 11 nitrogen and oxygen atoms in total. The molecule has 1 aliphatic rings. The van der Waals surface area contributed by atoms with Crippen molar-refractivity contribution in [1.82, 2.24) is 5.32 Å². The van der Waals surface area contributed by atoms with Gasteiger partial charge in [0.1, 0.15) is 42.7 Å². The van der Waals surface area contributed by atoms with Gasteiger partial charge in [0.2, 0.25) is 0 Å². The molecular weight excluding hydrogens is 438 g/mol. The Hall–Kier alpha value is -0.440. The predicted molar refractivity (Wildman–Crippen MR) is 119 cm³/mol. The topological polar surface area (TPSA) is 192 Å². The maximum Gasteiger partial charge on any atom is 0.187 e. The summed E-state index contributed by atoms with van der Waals surface area (Å²) < 4.78 is 10.6. The second-order valence-electron chi connectivity index (χ2n) is 8.78. The third-order valence-corrected chi connectivity index (χ3v) is 6.00. The maximum absolute atomic E-state index is 10.5. The Labute approximate surface area is 196 Å². The van der Waals surface area contributed by atoms with Crippen LogP contribution in [-0.4, -0.2) is 122 Å². The highest BCUT2D eigenvalue weighted by atomic mass is 16.7. The molecule has 1 saturated heterocycles. The number of rotatable bonds is 18. The van der Waals surface area contributed by atoms with Crippen molar-refractivity contribution in [3.8, 4) is 0 Å². The quantitative estimate of drug-likeness (QED) is 0.0977. The summed E-state index contributed by atoms with van der Waals surface area (Å²) in [6, 6.07) is 0. The minimum atomic E-state index is -1.75. The van der Waals surface area contributed by atoms with Crippen LogP contribution in [0.4, 0.5) is 0 Å². The van der Waals surface area contributed by atoms with Crippen LogP contribution in [-0.2, 0) is 9.47 Å². The van der Waals surface area contributed by atoms with Crippen LogP contribution in [0.2, 0.25) is 0 Å². The summed E-state index contributed by atoms with van der Waals surface area (Å²) in [6.07, 6.45) is -4.81. The average Bonchev–Trinajstić information content (AvgIpc) is 2.82. The summed E-state index contributed by atoms with van der Waals surface area (Å²) in [5.41, 5.74) is 0. The number of ether oxygens (including phenoxy) is 2. The molecule has 1 rings (SSSR count). The molecule has 11 heteroatoms. The average molecular weight is 484 g/mol. The molecule has 0 spiro atoms. The third-order valence-electron chi connectivity index (χ3n) is 6.00. The van der Waals surface area contributed by atoms with Crippen LogP contribution in [0.3, 0.4) is 0 Å². The fourth-order valence-corrected chi connectivity index (χ4v) is 3.81. The second kappa shape index (κ2) is 17.1. The van der Waals surface area contributed by atoms with E-state index in [0.29, 0.717) is 6.54 Å². The lowest BCUT2D eigenvalue weighted by atomic mass is 9.98. The molecule has 9 atom stereocenters. The molecule has 0 aliphatic carbocycles. The van der Waals surface area contributed by atoms with Crippen molar-refractivity contribution in [3.63, 3.8) is 0 Å². The molecule has 0 unspecified atom stereocenters. The Morgan fingerprint density at radius 1 is 0.818 bits per heavy atom. The van der Waals surface area contributed by atoms with Crippen molar-refractivity contribution in [2.75, 3.05) is 26.3 Å². The number of unbranched alkanes of at least 4 members (excludes halogenated alkanes) is 7. The van der Waals surface area contributed by atoms with Gasteiger partial charge >= 0.3 is 0 Å². The van der Waals surface area contributed by atoms with Crippen molar-refractivity contribution < 1.29 is 50.3 Å². The van der Waals surface area contributed by atoms with E-state index >= 15 is 0 Å². The third kappa shape index (κ3) is 10.4. The molecule has 0 radical (unpaired) electrons. The first-order chi connectivity index (χ1) is 15.8. The first-order valence-electron chi connectivity index (χ1n) is 12.1. The Morgan fingerprint density at radius 2 is 1.42 bits per heavy atom. The smallest absolute Gasteiger partial charge is 0.187 e. The van der Waals surface area contributed by atoms with Crippen LogP contribution >= 0.6 is 0 Å². The van der Waals surface area contributed by atoms with Gasteiger partial charge in [-0.1, -0.05) is 51.9 Å². The van der Waals surface area contributed by atoms with Crippen LogP contribution < -0.4 is 5.32 Å². The molecular formula is C22H45NO10. The van der Waals surface area contributed by atoms with Gasteiger partial charge in [-0.05, 0) is 13.0 Å². The molecule has 33 heavy (non-hydrogen) atoms. The van der Waals surface area contributed by atoms with Gasteiger partial charge in [0.05, 0.1) is 19.3 Å². The van der Waals surface area contributed by atoms with Gasteiger partial charge < -0.3 is 55.6 Å². The van der Waals surface area contributed by atoms with Crippen LogP contribution in [0, 0.1) is 0 Å². The molecule has 1 aliphatic heterocycles. The van der Waals surface area contributed by atoms with Crippen LogP contribution in [0.15, 0.2) is 0 Å². The summed E-state index contributed by atoms with van der Waals surface area (Å²) >= 11 is 0. The molecule has 0 amide bonds. The largest absolute Gasteiger partial charge is 0.394 e. The molecule has 0 aromatic rings. The maximum atomic E-state index is 10.5. The molecule has 0 aromatic carbocycles. The fourth-order valence-electron chi connectivity index (χ4n) is 3.81. The van der Waals surface area contributed by atoms with E-state index in [-0.39, 0.29) is 6.54 Å². The van der Waals surface area contributed by atoms with Crippen molar-refractivity contribution in [2.24, 2.45) is 0 Å². The molecule has 0 aromatic heterocycles. The molecule has 1 fully saturated rings. The minimum Gasteiger partial charge on any atom is -0.394 e. The summed E-state index contributed by atoms with van der Waals surface area (Å²) in [7, 11) is 0. The van der Waals surface area contributed by atoms with E-state index in [9.17, 15) is 40.9 Å². The van der Waals surface area contributed by atoms with E-state index in [0.717, 1.165) is 19.3 Å². The van der Waals surface area contributed by atoms with Crippen molar-refractivity contribution in [2.45, 2.75) is 113 Å². The van der Waals surface area contributed by atoms with E-state index in [4.69, 9.17) is 9.47 Å². The number of hydrogen-bond acceptors (Lipinski definition) is 11. The first kappa shape index (κ1) is 30.6. The van der Waals surface area contributed by atoms with Gasteiger partial charge in [0.25, 0.3) is 0 Å². The standard InChI is InChI=1S/C22H45NO10/c1-2-3-4-5-6-7-8-9-10-23-11-14(26)17(28)21(15(27)12-24)33-22-20(31)19(30)18(29)16(13-25)32-22/h14-31H,2-13H2,1H3/t14-,15+,16+,17+,18-,19-,20+,21+,22-/m0/s1. The second-order valence-corrected chi connectivity index (χ2v) is 8.78. The predicted octanol–water partition coefficient (Wildman–Crippen LogP) is -2.02. The highest BCUT2D eigenvalue weighted by Gasteiger charge is 2.46. The highest BCUT2D eigenvalue weighted by molar-refractivity contribution is 4.91. The van der Waals surface area contributed by atoms with Crippen molar-refractivity contribution >= 4 is 0 Å². The number of nitrogens with one attached hydrogen (secondary N) is 1. The Morgan fingerprint density at radius 3 is 2.00 bits per heavy atom. The van der Waals surface area contributed by atoms with E-state index in [1.54, 1.807) is 0 Å².